The summed E-state index contributed by atoms with van der Waals surface area (Å²) in [5, 5.41) is 3.30. The lowest BCUT2D eigenvalue weighted by atomic mass is 9.96. The van der Waals surface area contributed by atoms with Crippen molar-refractivity contribution in [3.8, 4) is 0 Å². The van der Waals surface area contributed by atoms with Gasteiger partial charge in [-0.2, -0.15) is 0 Å². The van der Waals surface area contributed by atoms with Crippen LogP contribution in [0.15, 0.2) is 36.5 Å². The maximum atomic E-state index is 12.8. The first-order valence-electron chi connectivity index (χ1n) is 8.52. The molecule has 2 aromatic rings. The van der Waals surface area contributed by atoms with Crippen LogP contribution in [0.2, 0.25) is 5.02 Å². The van der Waals surface area contributed by atoms with E-state index in [0.29, 0.717) is 35.2 Å². The van der Waals surface area contributed by atoms with Crippen molar-refractivity contribution >= 4 is 59.7 Å². The van der Waals surface area contributed by atoms with Crippen LogP contribution in [0.4, 0.5) is 11.5 Å². The molecule has 0 bridgehead atoms. The van der Waals surface area contributed by atoms with Crippen LogP contribution < -0.4 is 11.1 Å². The SMILES string of the molecule is Cc1ccc(N)cc1C(=O)N1CCCC(C(=O)Nc2ccc(Cl)cn2)C1.Cl.Cl. The second-order valence-electron chi connectivity index (χ2n) is 6.52. The minimum atomic E-state index is -0.272. The number of piperidine rings is 1. The molecule has 1 saturated heterocycles. The number of anilines is 2. The Morgan fingerprint density at radius 2 is 2.00 bits per heavy atom. The van der Waals surface area contributed by atoms with Crippen molar-refractivity contribution in [1.29, 1.82) is 0 Å². The Labute approximate surface area is 181 Å². The van der Waals surface area contributed by atoms with Crippen LogP contribution in [0, 0.1) is 12.8 Å². The fraction of sp³-hybridized carbons (Fsp3) is 0.316. The van der Waals surface area contributed by atoms with Crippen molar-refractivity contribution in [2.45, 2.75) is 19.8 Å². The summed E-state index contributed by atoms with van der Waals surface area (Å²) in [5.41, 5.74) is 7.83. The lowest BCUT2D eigenvalue weighted by Gasteiger charge is -2.32. The maximum Gasteiger partial charge on any atom is 0.254 e. The van der Waals surface area contributed by atoms with E-state index in [2.05, 4.69) is 10.3 Å². The smallest absolute Gasteiger partial charge is 0.254 e. The number of pyridine rings is 1. The molecule has 1 aliphatic heterocycles. The molecule has 2 amide bonds. The molecule has 152 valence electrons. The van der Waals surface area contributed by atoms with Gasteiger partial charge in [-0.25, -0.2) is 4.98 Å². The van der Waals surface area contributed by atoms with Crippen molar-refractivity contribution in [2.75, 3.05) is 24.1 Å². The average Bonchev–Trinajstić information content (AvgIpc) is 2.65. The van der Waals surface area contributed by atoms with E-state index in [1.54, 1.807) is 29.2 Å². The van der Waals surface area contributed by atoms with Crippen LogP contribution >= 0.6 is 36.4 Å². The molecule has 3 N–H and O–H groups in total. The van der Waals surface area contributed by atoms with Crippen molar-refractivity contribution in [3.63, 3.8) is 0 Å². The maximum absolute atomic E-state index is 12.8. The zero-order chi connectivity index (χ0) is 18.7. The third kappa shape index (κ3) is 5.74. The number of carbonyl (C=O) groups excluding carboxylic acids is 2. The van der Waals surface area contributed by atoms with Crippen molar-refractivity contribution in [1.82, 2.24) is 9.88 Å². The minimum absolute atomic E-state index is 0. The van der Waals surface area contributed by atoms with E-state index in [1.807, 2.05) is 13.0 Å². The molecule has 28 heavy (non-hydrogen) atoms. The number of hydrogen-bond acceptors (Lipinski definition) is 4. The molecular formula is C19H23Cl3N4O2. The second kappa shape index (κ2) is 10.5. The summed E-state index contributed by atoms with van der Waals surface area (Å²) in [6.07, 6.45) is 2.99. The molecule has 1 fully saturated rings. The largest absolute Gasteiger partial charge is 0.399 e. The molecule has 1 atom stereocenters. The van der Waals surface area contributed by atoms with E-state index >= 15 is 0 Å². The topological polar surface area (TPSA) is 88.3 Å². The van der Waals surface area contributed by atoms with Crippen LogP contribution in [0.25, 0.3) is 0 Å². The van der Waals surface area contributed by atoms with E-state index in [9.17, 15) is 9.59 Å². The van der Waals surface area contributed by atoms with Crippen LogP contribution in [0.5, 0.6) is 0 Å². The number of hydrogen-bond donors (Lipinski definition) is 2. The van der Waals surface area contributed by atoms with E-state index in [0.717, 1.165) is 18.4 Å². The molecule has 3 rings (SSSR count). The van der Waals surface area contributed by atoms with E-state index in [-0.39, 0.29) is 42.5 Å². The number of likely N-dealkylation sites (tertiary alicyclic amines) is 1. The van der Waals surface area contributed by atoms with Gasteiger partial charge in [0.15, 0.2) is 0 Å². The predicted octanol–water partition coefficient (Wildman–Crippen LogP) is 3.96. The summed E-state index contributed by atoms with van der Waals surface area (Å²) < 4.78 is 0. The Kier molecular flexibility index (Phi) is 9.01. The normalized spacial score (nSPS) is 15.8. The van der Waals surface area contributed by atoms with Gasteiger partial charge in [0.2, 0.25) is 5.91 Å². The molecule has 1 unspecified atom stereocenters. The van der Waals surface area contributed by atoms with Crippen LogP contribution in [0.1, 0.15) is 28.8 Å². The first-order valence-corrected chi connectivity index (χ1v) is 8.89. The van der Waals surface area contributed by atoms with Crippen molar-refractivity contribution in [2.24, 2.45) is 5.92 Å². The predicted molar refractivity (Wildman–Crippen MR) is 117 cm³/mol. The van der Waals surface area contributed by atoms with Crippen LogP contribution in [0.3, 0.4) is 0 Å². The summed E-state index contributed by atoms with van der Waals surface area (Å²) in [7, 11) is 0. The van der Waals surface area contributed by atoms with Crippen LogP contribution in [-0.2, 0) is 4.79 Å². The fourth-order valence-electron chi connectivity index (χ4n) is 3.09. The van der Waals surface area contributed by atoms with Crippen molar-refractivity contribution in [3.05, 3.63) is 52.7 Å². The molecule has 0 aliphatic carbocycles. The number of benzene rings is 1. The summed E-state index contributed by atoms with van der Waals surface area (Å²) in [6.45, 7) is 2.90. The number of nitrogens with one attached hydrogen (secondary N) is 1. The molecule has 1 aromatic carbocycles. The van der Waals surface area contributed by atoms with Gasteiger partial charge in [-0.1, -0.05) is 17.7 Å². The number of nitrogens with zero attached hydrogens (tertiary/aromatic N) is 2. The Morgan fingerprint density at radius 1 is 1.25 bits per heavy atom. The van der Waals surface area contributed by atoms with Gasteiger partial charge >= 0.3 is 0 Å². The Bertz CT molecular complexity index is 830. The van der Waals surface area contributed by atoms with Gasteiger partial charge in [0, 0.05) is 30.5 Å². The molecule has 0 spiro atoms. The number of amides is 2. The third-order valence-electron chi connectivity index (χ3n) is 4.55. The van der Waals surface area contributed by atoms with Gasteiger partial charge in [-0.15, -0.1) is 24.8 Å². The van der Waals surface area contributed by atoms with Gasteiger partial charge < -0.3 is 16.0 Å². The molecule has 0 saturated carbocycles. The van der Waals surface area contributed by atoms with Gasteiger partial charge in [0.1, 0.15) is 5.82 Å². The van der Waals surface area contributed by atoms with Gasteiger partial charge in [0.05, 0.1) is 10.9 Å². The number of nitrogen functional groups attached to an aromatic ring is 1. The Hall–Kier alpha value is -2.02. The lowest BCUT2D eigenvalue weighted by molar-refractivity contribution is -0.121. The average molecular weight is 446 g/mol. The highest BCUT2D eigenvalue weighted by Gasteiger charge is 2.29. The quantitative estimate of drug-likeness (QED) is 0.700. The summed E-state index contributed by atoms with van der Waals surface area (Å²) >= 11 is 5.80. The number of carbonyl (C=O) groups is 2. The molecule has 6 nitrogen and oxygen atoms in total. The minimum Gasteiger partial charge on any atom is -0.399 e. The summed E-state index contributed by atoms with van der Waals surface area (Å²) in [6, 6.07) is 8.63. The number of rotatable bonds is 3. The molecule has 2 heterocycles. The molecular weight excluding hydrogens is 423 g/mol. The molecule has 1 aliphatic rings. The molecule has 1 aromatic heterocycles. The Balaban J connectivity index is 0.00000196. The molecule has 9 heteroatoms. The third-order valence-corrected chi connectivity index (χ3v) is 4.77. The first-order chi connectivity index (χ1) is 12.4. The number of nitrogens with two attached hydrogens (primary N) is 1. The summed E-state index contributed by atoms with van der Waals surface area (Å²) in [4.78, 5) is 31.2. The number of aryl methyl sites for hydroxylation is 1. The monoisotopic (exact) mass is 444 g/mol. The van der Waals surface area contributed by atoms with E-state index in [1.165, 1.54) is 6.20 Å². The van der Waals surface area contributed by atoms with Gasteiger partial charge in [-0.3, -0.25) is 9.59 Å². The lowest BCUT2D eigenvalue weighted by Crippen LogP contribution is -2.44. The highest BCUT2D eigenvalue weighted by atomic mass is 35.5. The van der Waals surface area contributed by atoms with E-state index < -0.39 is 0 Å². The fourth-order valence-corrected chi connectivity index (χ4v) is 3.21. The van der Waals surface area contributed by atoms with Crippen molar-refractivity contribution < 1.29 is 9.59 Å². The zero-order valence-electron chi connectivity index (χ0n) is 15.4. The zero-order valence-corrected chi connectivity index (χ0v) is 17.7. The molecule has 0 radical (unpaired) electrons. The summed E-state index contributed by atoms with van der Waals surface area (Å²) in [5.74, 6) is -0.0420. The number of aromatic nitrogens is 1. The van der Waals surface area contributed by atoms with Gasteiger partial charge in [0.25, 0.3) is 5.91 Å². The first kappa shape index (κ1) is 24.0. The highest BCUT2D eigenvalue weighted by molar-refractivity contribution is 6.30. The Morgan fingerprint density at radius 3 is 2.68 bits per heavy atom. The number of halogens is 3. The van der Waals surface area contributed by atoms with E-state index in [4.69, 9.17) is 17.3 Å². The highest BCUT2D eigenvalue weighted by Crippen LogP contribution is 2.22. The van der Waals surface area contributed by atoms with Gasteiger partial charge in [-0.05, 0) is 49.6 Å². The standard InChI is InChI=1S/C19H21ClN4O2.2ClH/c1-12-4-6-15(21)9-16(12)19(26)24-8-2-3-13(11-24)18(25)23-17-7-5-14(20)10-22-17;;/h4-7,9-10,13H,2-3,8,11,21H2,1H3,(H,22,23,25);2*1H. The second-order valence-corrected chi connectivity index (χ2v) is 6.95. The van der Waals surface area contributed by atoms with Crippen LogP contribution in [-0.4, -0.2) is 34.8 Å².